The van der Waals surface area contributed by atoms with E-state index in [1.165, 1.54) is 38.8 Å². The summed E-state index contributed by atoms with van der Waals surface area (Å²) >= 11 is 0. The molecule has 19 heavy (non-hydrogen) atoms. The molecule has 4 saturated heterocycles. The van der Waals surface area contributed by atoms with Crippen molar-refractivity contribution in [2.24, 2.45) is 11.8 Å². The van der Waals surface area contributed by atoms with Crippen molar-refractivity contribution in [3.8, 4) is 0 Å². The minimum Gasteiger partial charge on any atom is -0.383 e. The summed E-state index contributed by atoms with van der Waals surface area (Å²) in [5.41, 5.74) is 0. The molecule has 4 fully saturated rings. The fourth-order valence-electron chi connectivity index (χ4n) is 5.10. The molecular weight excluding hydrogens is 240 g/mol. The SMILES string of the molecule is O=C1[C@@H](O)CC[C@@H]2[C@@H]3C[C@H](CN12)[C@@H]1CCCCN1C3. The number of aliphatic hydroxyl groups excluding tert-OH is 1. The van der Waals surface area contributed by atoms with Crippen LogP contribution in [0.4, 0.5) is 0 Å². The van der Waals surface area contributed by atoms with Crippen molar-refractivity contribution in [1.29, 1.82) is 0 Å². The number of hydrogen-bond donors (Lipinski definition) is 1. The molecule has 0 aliphatic carbocycles. The Balaban J connectivity index is 1.59. The third kappa shape index (κ3) is 1.83. The Morgan fingerprint density at radius 2 is 1.84 bits per heavy atom. The van der Waals surface area contributed by atoms with E-state index in [0.29, 0.717) is 30.3 Å². The predicted molar refractivity (Wildman–Crippen MR) is 71.6 cm³/mol. The second-order valence-electron chi connectivity index (χ2n) is 6.97. The largest absolute Gasteiger partial charge is 0.383 e. The molecule has 4 heteroatoms. The molecule has 4 rings (SSSR count). The van der Waals surface area contributed by atoms with Gasteiger partial charge in [0.15, 0.2) is 0 Å². The van der Waals surface area contributed by atoms with Crippen LogP contribution in [0.5, 0.6) is 0 Å². The van der Waals surface area contributed by atoms with Crippen LogP contribution in [0.2, 0.25) is 0 Å². The smallest absolute Gasteiger partial charge is 0.251 e. The monoisotopic (exact) mass is 264 g/mol. The van der Waals surface area contributed by atoms with Crippen LogP contribution in [0.3, 0.4) is 0 Å². The molecule has 4 nitrogen and oxygen atoms in total. The summed E-state index contributed by atoms with van der Waals surface area (Å²) in [5.74, 6) is 1.32. The third-order valence-corrected chi connectivity index (χ3v) is 5.96. The first-order chi connectivity index (χ1) is 9.24. The lowest BCUT2D eigenvalue weighted by atomic mass is 9.70. The number of nitrogens with zero attached hydrogens (tertiary/aromatic N) is 2. The topological polar surface area (TPSA) is 43.8 Å². The van der Waals surface area contributed by atoms with Gasteiger partial charge in [-0.25, -0.2) is 0 Å². The van der Waals surface area contributed by atoms with Gasteiger partial charge in [-0.1, -0.05) is 6.42 Å². The zero-order valence-electron chi connectivity index (χ0n) is 11.5. The van der Waals surface area contributed by atoms with Crippen molar-refractivity contribution in [3.63, 3.8) is 0 Å². The number of amides is 1. The Morgan fingerprint density at radius 1 is 1.00 bits per heavy atom. The van der Waals surface area contributed by atoms with E-state index in [1.54, 1.807) is 0 Å². The maximum atomic E-state index is 12.2. The third-order valence-electron chi connectivity index (χ3n) is 5.96. The van der Waals surface area contributed by atoms with E-state index in [0.717, 1.165) is 13.0 Å². The van der Waals surface area contributed by atoms with Crippen molar-refractivity contribution in [2.75, 3.05) is 19.6 Å². The molecule has 106 valence electrons. The molecule has 0 aromatic rings. The number of rotatable bonds is 0. The molecule has 5 atom stereocenters. The van der Waals surface area contributed by atoms with Gasteiger partial charge in [0.25, 0.3) is 5.91 Å². The Hall–Kier alpha value is -0.610. The van der Waals surface area contributed by atoms with Crippen LogP contribution in [-0.2, 0) is 4.79 Å². The van der Waals surface area contributed by atoms with E-state index >= 15 is 0 Å². The molecule has 0 unspecified atom stereocenters. The van der Waals surface area contributed by atoms with E-state index in [1.807, 2.05) is 4.90 Å². The van der Waals surface area contributed by atoms with Gasteiger partial charge >= 0.3 is 0 Å². The fraction of sp³-hybridized carbons (Fsp3) is 0.933. The Morgan fingerprint density at radius 3 is 2.74 bits per heavy atom. The summed E-state index contributed by atoms with van der Waals surface area (Å²) in [5, 5.41) is 9.81. The predicted octanol–water partition coefficient (Wildman–Crippen LogP) is 0.843. The van der Waals surface area contributed by atoms with Gasteiger partial charge in [-0.15, -0.1) is 0 Å². The summed E-state index contributed by atoms with van der Waals surface area (Å²) in [7, 11) is 0. The lowest BCUT2D eigenvalue weighted by Crippen LogP contribution is -2.66. The first-order valence-corrected chi connectivity index (χ1v) is 7.96. The Bertz CT molecular complexity index is 386. The number of hydrogen-bond acceptors (Lipinski definition) is 3. The van der Waals surface area contributed by atoms with Gasteiger partial charge in [-0.3, -0.25) is 9.69 Å². The van der Waals surface area contributed by atoms with Gasteiger partial charge in [-0.05, 0) is 50.5 Å². The molecule has 0 saturated carbocycles. The lowest BCUT2D eigenvalue weighted by Gasteiger charge is -2.57. The van der Waals surface area contributed by atoms with Crippen LogP contribution in [0.1, 0.15) is 38.5 Å². The molecule has 0 aromatic carbocycles. The van der Waals surface area contributed by atoms with Gasteiger partial charge in [0.05, 0.1) is 0 Å². The second kappa shape index (κ2) is 4.45. The van der Waals surface area contributed by atoms with Crippen molar-refractivity contribution in [1.82, 2.24) is 9.80 Å². The lowest BCUT2D eigenvalue weighted by molar-refractivity contribution is -0.160. The molecule has 0 radical (unpaired) electrons. The second-order valence-corrected chi connectivity index (χ2v) is 6.97. The number of piperidine rings is 4. The standard InChI is InChI=1S/C15H24N2O2/c18-14-5-4-13-10-7-11(9-17(13)15(14)19)12-3-1-2-6-16(12)8-10/h10-14,18H,1-9H2/t10-,11-,12+,13-,14+/m1/s1. The normalized spacial score (nSPS) is 46.7. The zero-order valence-corrected chi connectivity index (χ0v) is 11.5. The van der Waals surface area contributed by atoms with Crippen LogP contribution >= 0.6 is 0 Å². The quantitative estimate of drug-likeness (QED) is 0.705. The molecule has 1 amide bonds. The van der Waals surface area contributed by atoms with Gasteiger partial charge in [0.2, 0.25) is 0 Å². The van der Waals surface area contributed by atoms with Crippen LogP contribution in [0.25, 0.3) is 0 Å². The van der Waals surface area contributed by atoms with Crippen LogP contribution in [0, 0.1) is 11.8 Å². The summed E-state index contributed by atoms with van der Waals surface area (Å²) in [6, 6.07) is 1.12. The highest BCUT2D eigenvalue weighted by molar-refractivity contribution is 5.82. The molecule has 4 aliphatic rings. The number of fused-ring (bicyclic) bond motifs is 6. The maximum absolute atomic E-state index is 12.2. The average Bonchev–Trinajstić information content (AvgIpc) is 2.44. The van der Waals surface area contributed by atoms with Crippen LogP contribution in [0.15, 0.2) is 0 Å². The average molecular weight is 264 g/mol. The number of carbonyl (C=O) groups is 1. The molecule has 0 aromatic heterocycles. The van der Waals surface area contributed by atoms with E-state index < -0.39 is 6.10 Å². The van der Waals surface area contributed by atoms with Crippen molar-refractivity contribution >= 4 is 5.91 Å². The van der Waals surface area contributed by atoms with Crippen molar-refractivity contribution in [3.05, 3.63) is 0 Å². The minimum atomic E-state index is -0.725. The zero-order chi connectivity index (χ0) is 13.0. The molecule has 4 aliphatic heterocycles. The maximum Gasteiger partial charge on any atom is 0.251 e. The van der Waals surface area contributed by atoms with Gasteiger partial charge in [-0.2, -0.15) is 0 Å². The highest BCUT2D eigenvalue weighted by atomic mass is 16.3. The van der Waals surface area contributed by atoms with Crippen LogP contribution in [-0.4, -0.2) is 58.6 Å². The highest BCUT2D eigenvalue weighted by Gasteiger charge is 2.49. The summed E-state index contributed by atoms with van der Waals surface area (Å²) in [6.45, 7) is 3.35. The molecular formula is C15H24N2O2. The summed E-state index contributed by atoms with van der Waals surface area (Å²) in [4.78, 5) is 17.0. The van der Waals surface area contributed by atoms with Gasteiger partial charge in [0.1, 0.15) is 6.10 Å². The molecule has 4 heterocycles. The van der Waals surface area contributed by atoms with E-state index in [9.17, 15) is 9.90 Å². The first-order valence-electron chi connectivity index (χ1n) is 7.96. The van der Waals surface area contributed by atoms with E-state index in [4.69, 9.17) is 0 Å². The number of carbonyl (C=O) groups excluding carboxylic acids is 1. The molecule has 0 spiro atoms. The summed E-state index contributed by atoms with van der Waals surface area (Å²) in [6.07, 6.45) is 6.27. The fourth-order valence-corrected chi connectivity index (χ4v) is 5.10. The van der Waals surface area contributed by atoms with E-state index in [-0.39, 0.29) is 5.91 Å². The van der Waals surface area contributed by atoms with Crippen molar-refractivity contribution in [2.45, 2.75) is 56.7 Å². The summed E-state index contributed by atoms with van der Waals surface area (Å²) < 4.78 is 0. The first kappa shape index (κ1) is 12.2. The van der Waals surface area contributed by atoms with Crippen molar-refractivity contribution < 1.29 is 9.90 Å². The van der Waals surface area contributed by atoms with Gasteiger partial charge < -0.3 is 10.0 Å². The minimum absolute atomic E-state index is 0.00945. The molecule has 2 bridgehead atoms. The van der Waals surface area contributed by atoms with Gasteiger partial charge in [0, 0.05) is 25.2 Å². The molecule has 1 N–H and O–H groups in total. The number of aliphatic hydroxyl groups is 1. The van der Waals surface area contributed by atoms with E-state index in [2.05, 4.69) is 4.90 Å². The Labute approximate surface area is 114 Å². The highest BCUT2D eigenvalue weighted by Crippen LogP contribution is 2.42. The Kier molecular flexibility index (Phi) is 2.85. The van der Waals surface area contributed by atoms with Crippen LogP contribution < -0.4 is 0 Å².